The van der Waals surface area contributed by atoms with Gasteiger partial charge in [0.1, 0.15) is 10.6 Å². The maximum absolute atomic E-state index is 12.4. The van der Waals surface area contributed by atoms with Crippen LogP contribution in [0.1, 0.15) is 30.6 Å². The molecule has 140 valence electrons. The number of nitrogens with one attached hydrogen (secondary N) is 2. The highest BCUT2D eigenvalue weighted by atomic mass is 32.1. The number of benzene rings is 1. The van der Waals surface area contributed by atoms with Gasteiger partial charge in [-0.25, -0.2) is 0 Å². The molecular weight excluding hydrogens is 384 g/mol. The van der Waals surface area contributed by atoms with Crippen molar-refractivity contribution in [1.82, 2.24) is 15.0 Å². The van der Waals surface area contributed by atoms with Gasteiger partial charge in [-0.2, -0.15) is 4.37 Å². The van der Waals surface area contributed by atoms with Crippen molar-refractivity contribution < 1.29 is 14.3 Å². The number of thiophene rings is 1. The third kappa shape index (κ3) is 4.63. The summed E-state index contributed by atoms with van der Waals surface area (Å²) in [7, 11) is 1.58. The van der Waals surface area contributed by atoms with Crippen LogP contribution in [0.5, 0.6) is 5.75 Å². The van der Waals surface area contributed by atoms with E-state index in [0.717, 1.165) is 22.0 Å². The Morgan fingerprint density at radius 3 is 2.70 bits per heavy atom. The Kier molecular flexibility index (Phi) is 6.05. The molecule has 0 bridgehead atoms. The Bertz CT molecular complexity index is 938. The molecule has 0 aliphatic rings. The summed E-state index contributed by atoms with van der Waals surface area (Å²) in [6, 6.07) is 11.2. The molecule has 0 aliphatic carbocycles. The maximum Gasteiger partial charge on any atom is 0.273 e. The minimum atomic E-state index is -0.427. The van der Waals surface area contributed by atoms with Crippen LogP contribution in [0.4, 0.5) is 5.69 Å². The Labute approximate surface area is 164 Å². The molecule has 27 heavy (non-hydrogen) atoms. The highest BCUT2D eigenvalue weighted by Crippen LogP contribution is 2.22. The lowest BCUT2D eigenvalue weighted by atomic mass is 10.2. The van der Waals surface area contributed by atoms with Crippen LogP contribution in [0, 0.1) is 0 Å². The van der Waals surface area contributed by atoms with E-state index in [4.69, 9.17) is 10.5 Å². The van der Waals surface area contributed by atoms with Gasteiger partial charge in [-0.1, -0.05) is 18.2 Å². The first-order valence-electron chi connectivity index (χ1n) is 8.05. The number of hydrogen-bond donors (Lipinski definition) is 3. The summed E-state index contributed by atoms with van der Waals surface area (Å²) in [5, 5.41) is 7.47. The molecule has 3 aromatic rings. The molecule has 0 aliphatic heterocycles. The van der Waals surface area contributed by atoms with E-state index in [1.807, 2.05) is 41.8 Å². The number of carbonyl (C=O) groups is 2. The van der Waals surface area contributed by atoms with E-state index >= 15 is 0 Å². The second-order valence-corrected chi connectivity index (χ2v) is 7.38. The summed E-state index contributed by atoms with van der Waals surface area (Å²) in [6.07, 6.45) is 0. The lowest BCUT2D eigenvalue weighted by molar-refractivity contribution is 0.0946. The lowest BCUT2D eigenvalue weighted by Gasteiger charge is -2.06. The first-order chi connectivity index (χ1) is 13.1. The van der Waals surface area contributed by atoms with E-state index in [0.29, 0.717) is 18.8 Å². The highest BCUT2D eigenvalue weighted by molar-refractivity contribution is 7.10. The largest absolute Gasteiger partial charge is 0.497 e. The third-order valence-electron chi connectivity index (χ3n) is 3.74. The summed E-state index contributed by atoms with van der Waals surface area (Å²) in [5.74, 6) is -0.0614. The van der Waals surface area contributed by atoms with Gasteiger partial charge in [-0.05, 0) is 40.7 Å². The molecule has 3 rings (SSSR count). The van der Waals surface area contributed by atoms with Crippen molar-refractivity contribution in [1.29, 1.82) is 0 Å². The summed E-state index contributed by atoms with van der Waals surface area (Å²) in [5.41, 5.74) is 7.01. The minimum Gasteiger partial charge on any atom is -0.497 e. The summed E-state index contributed by atoms with van der Waals surface area (Å²) in [6.45, 7) is 0.706. The van der Waals surface area contributed by atoms with Crippen LogP contribution in [0.2, 0.25) is 0 Å². The second kappa shape index (κ2) is 8.65. The number of nitrogens with zero attached hydrogens (tertiary/aromatic N) is 1. The highest BCUT2D eigenvalue weighted by Gasteiger charge is 2.22. The van der Waals surface area contributed by atoms with E-state index in [2.05, 4.69) is 15.0 Å². The zero-order chi connectivity index (χ0) is 19.2. The Balaban J connectivity index is 1.61. The first kappa shape index (κ1) is 18.9. The van der Waals surface area contributed by atoms with Gasteiger partial charge in [0.25, 0.3) is 11.8 Å². The SMILES string of the molecule is COc1cccc(CNC(=O)c2nsc(C(=O)NCc3cccs3)c2N)c1. The van der Waals surface area contributed by atoms with Gasteiger partial charge >= 0.3 is 0 Å². The van der Waals surface area contributed by atoms with Crippen molar-refractivity contribution >= 4 is 40.4 Å². The predicted molar refractivity (Wildman–Crippen MR) is 106 cm³/mol. The zero-order valence-corrected chi connectivity index (χ0v) is 16.2. The molecule has 0 spiro atoms. The number of nitrogen functional groups attached to an aromatic ring is 1. The molecule has 0 radical (unpaired) electrons. The van der Waals surface area contributed by atoms with Gasteiger partial charge in [0.05, 0.1) is 19.3 Å². The average Bonchev–Trinajstić information content (AvgIpc) is 3.34. The van der Waals surface area contributed by atoms with Crippen molar-refractivity contribution in [3.05, 3.63) is 62.8 Å². The fourth-order valence-corrected chi connectivity index (χ4v) is 3.69. The number of ether oxygens (including phenoxy) is 1. The minimum absolute atomic E-state index is 0.0594. The summed E-state index contributed by atoms with van der Waals surface area (Å²) >= 11 is 2.46. The smallest absolute Gasteiger partial charge is 0.273 e. The number of anilines is 1. The normalized spacial score (nSPS) is 10.4. The van der Waals surface area contributed by atoms with E-state index in [1.54, 1.807) is 18.4 Å². The molecule has 2 aromatic heterocycles. The van der Waals surface area contributed by atoms with E-state index in [-0.39, 0.29) is 22.2 Å². The van der Waals surface area contributed by atoms with Crippen molar-refractivity contribution in [3.63, 3.8) is 0 Å². The quantitative estimate of drug-likeness (QED) is 0.563. The van der Waals surface area contributed by atoms with Crippen molar-refractivity contribution in [2.24, 2.45) is 0 Å². The molecule has 2 heterocycles. The average molecular weight is 403 g/mol. The number of carbonyl (C=O) groups excluding carboxylic acids is 2. The van der Waals surface area contributed by atoms with Gasteiger partial charge in [0.15, 0.2) is 5.69 Å². The molecule has 0 saturated heterocycles. The molecule has 7 nitrogen and oxygen atoms in total. The van der Waals surface area contributed by atoms with E-state index in [9.17, 15) is 9.59 Å². The third-order valence-corrected chi connectivity index (χ3v) is 5.48. The fourth-order valence-electron chi connectivity index (χ4n) is 2.33. The number of nitrogens with two attached hydrogens (primary N) is 1. The molecule has 9 heteroatoms. The number of hydrogen-bond acceptors (Lipinski definition) is 7. The summed E-state index contributed by atoms with van der Waals surface area (Å²) < 4.78 is 9.21. The number of rotatable bonds is 7. The second-order valence-electron chi connectivity index (χ2n) is 5.57. The predicted octanol–water partition coefficient (Wildman–Crippen LogP) is 2.66. The number of methoxy groups -OCH3 is 1. The molecule has 2 amide bonds. The van der Waals surface area contributed by atoms with Crippen LogP contribution in [-0.2, 0) is 13.1 Å². The monoisotopic (exact) mass is 402 g/mol. The van der Waals surface area contributed by atoms with Crippen LogP contribution in [0.15, 0.2) is 41.8 Å². The molecule has 0 saturated carbocycles. The molecular formula is C18H18N4O3S2. The zero-order valence-electron chi connectivity index (χ0n) is 14.5. The van der Waals surface area contributed by atoms with Gasteiger partial charge < -0.3 is 21.1 Å². The molecule has 0 atom stereocenters. The maximum atomic E-state index is 12.4. The van der Waals surface area contributed by atoms with Gasteiger partial charge in [0, 0.05) is 11.4 Å². The Morgan fingerprint density at radius 1 is 1.15 bits per heavy atom. The molecule has 0 unspecified atom stereocenters. The van der Waals surface area contributed by atoms with Gasteiger partial charge in [-0.3, -0.25) is 9.59 Å². The van der Waals surface area contributed by atoms with Crippen molar-refractivity contribution in [3.8, 4) is 5.75 Å². The van der Waals surface area contributed by atoms with Crippen LogP contribution < -0.4 is 21.1 Å². The van der Waals surface area contributed by atoms with Crippen LogP contribution in [0.3, 0.4) is 0 Å². The van der Waals surface area contributed by atoms with E-state index in [1.165, 1.54) is 0 Å². The summed E-state index contributed by atoms with van der Waals surface area (Å²) in [4.78, 5) is 25.9. The lowest BCUT2D eigenvalue weighted by Crippen LogP contribution is -2.25. The van der Waals surface area contributed by atoms with Crippen molar-refractivity contribution in [2.45, 2.75) is 13.1 Å². The Hall–Kier alpha value is -2.91. The topological polar surface area (TPSA) is 106 Å². The van der Waals surface area contributed by atoms with Crippen LogP contribution in [-0.4, -0.2) is 23.3 Å². The number of amides is 2. The first-order valence-corrected chi connectivity index (χ1v) is 9.70. The molecule has 4 N–H and O–H groups in total. The van der Waals surface area contributed by atoms with Gasteiger partial charge in [-0.15, -0.1) is 11.3 Å². The van der Waals surface area contributed by atoms with Crippen LogP contribution in [0.25, 0.3) is 0 Å². The fraction of sp³-hybridized carbons (Fsp3) is 0.167. The standard InChI is InChI=1S/C18H18N4O3S2/c1-25-12-5-2-4-11(8-12)9-20-17(23)15-14(19)16(27-22-15)18(24)21-10-13-6-3-7-26-13/h2-8H,9-10,19H2,1H3,(H,20,23)(H,21,24). The molecule has 0 fully saturated rings. The Morgan fingerprint density at radius 2 is 1.96 bits per heavy atom. The van der Waals surface area contributed by atoms with Crippen LogP contribution >= 0.6 is 22.9 Å². The van der Waals surface area contributed by atoms with Crippen molar-refractivity contribution in [2.75, 3.05) is 12.8 Å². The van der Waals surface area contributed by atoms with Gasteiger partial charge in [0.2, 0.25) is 0 Å². The molecule has 1 aromatic carbocycles. The number of aromatic nitrogens is 1. The van der Waals surface area contributed by atoms with E-state index < -0.39 is 5.91 Å².